The molecule has 0 radical (unpaired) electrons. The molecule has 0 N–H and O–H groups in total. The smallest absolute Gasteiger partial charge is 0.164 e. The van der Waals surface area contributed by atoms with Crippen LogP contribution in [0, 0.1) is 12.3 Å². The van der Waals surface area contributed by atoms with Gasteiger partial charge in [-0.3, -0.25) is 4.79 Å². The molecule has 0 aliphatic heterocycles. The van der Waals surface area contributed by atoms with Gasteiger partial charge in [-0.25, -0.2) is 0 Å². The number of ketones is 1. The molecule has 16 heavy (non-hydrogen) atoms. The lowest BCUT2D eigenvalue weighted by molar-refractivity contribution is -0.142. The summed E-state index contributed by atoms with van der Waals surface area (Å²) < 4.78 is 5.55. The summed E-state index contributed by atoms with van der Waals surface area (Å²) in [6.07, 6.45) is 13.7. The fourth-order valence-corrected chi connectivity index (χ4v) is 2.48. The Labute approximate surface area is 98.8 Å². The molecular formula is C14H22O2. The van der Waals surface area contributed by atoms with Crippen molar-refractivity contribution < 1.29 is 9.53 Å². The first-order valence-electron chi connectivity index (χ1n) is 6.27. The molecule has 0 bridgehead atoms. The van der Waals surface area contributed by atoms with Crippen LogP contribution in [0.3, 0.4) is 0 Å². The van der Waals surface area contributed by atoms with E-state index >= 15 is 0 Å². The zero-order valence-electron chi connectivity index (χ0n) is 10.3. The molecule has 2 nitrogen and oxygen atoms in total. The van der Waals surface area contributed by atoms with E-state index in [1.807, 2.05) is 0 Å². The van der Waals surface area contributed by atoms with Gasteiger partial charge >= 0.3 is 0 Å². The van der Waals surface area contributed by atoms with Crippen LogP contribution in [-0.4, -0.2) is 18.5 Å². The molecule has 2 heteroatoms. The number of hydrogen-bond acceptors (Lipinski definition) is 2. The Bertz CT molecular complexity index is 254. The topological polar surface area (TPSA) is 26.3 Å². The van der Waals surface area contributed by atoms with Crippen molar-refractivity contribution in [2.45, 2.75) is 63.4 Å². The van der Waals surface area contributed by atoms with Gasteiger partial charge in [0.2, 0.25) is 0 Å². The summed E-state index contributed by atoms with van der Waals surface area (Å²) in [5.41, 5.74) is -0.495. The third-order valence-electron chi connectivity index (χ3n) is 3.54. The lowest BCUT2D eigenvalue weighted by Gasteiger charge is -2.29. The normalized spacial score (nSPS) is 19.8. The molecule has 1 rings (SSSR count). The highest BCUT2D eigenvalue weighted by molar-refractivity contribution is 5.87. The fraction of sp³-hybridized carbons (Fsp3) is 0.786. The number of unbranched alkanes of at least 4 members (excludes halogenated alkanes) is 1. The molecule has 90 valence electrons. The lowest BCUT2D eigenvalue weighted by Crippen LogP contribution is -2.40. The molecule has 0 amide bonds. The third-order valence-corrected chi connectivity index (χ3v) is 3.54. The number of methoxy groups -OCH3 is 1. The highest BCUT2D eigenvalue weighted by Gasteiger charge is 2.37. The molecule has 1 aliphatic carbocycles. The van der Waals surface area contributed by atoms with Crippen molar-refractivity contribution in [1.29, 1.82) is 0 Å². The largest absolute Gasteiger partial charge is 0.370 e. The summed E-state index contributed by atoms with van der Waals surface area (Å²) in [7, 11) is 1.67. The molecule has 0 spiro atoms. The van der Waals surface area contributed by atoms with Gasteiger partial charge < -0.3 is 4.74 Å². The standard InChI is InChI=1S/C14H22O2/c1-3-4-7-10-13(15)14(16-2)11-8-5-6-9-12-14/h1H,4-12H2,2H3. The average Bonchev–Trinajstić information content (AvgIpc) is 2.55. The van der Waals surface area contributed by atoms with Crippen LogP contribution in [0.5, 0.6) is 0 Å². The quantitative estimate of drug-likeness (QED) is 0.406. The maximum absolute atomic E-state index is 12.2. The number of ether oxygens (including phenoxy) is 1. The maximum Gasteiger partial charge on any atom is 0.164 e. The van der Waals surface area contributed by atoms with Gasteiger partial charge in [-0.2, -0.15) is 0 Å². The van der Waals surface area contributed by atoms with E-state index < -0.39 is 5.60 Å². The number of terminal acetylenes is 1. The van der Waals surface area contributed by atoms with Crippen molar-refractivity contribution in [2.24, 2.45) is 0 Å². The summed E-state index contributed by atoms with van der Waals surface area (Å²) >= 11 is 0. The Morgan fingerprint density at radius 3 is 2.44 bits per heavy atom. The number of carbonyl (C=O) groups excluding carboxylic acids is 1. The van der Waals surface area contributed by atoms with E-state index in [0.717, 1.165) is 32.1 Å². The molecule has 0 aromatic heterocycles. The highest BCUT2D eigenvalue weighted by Crippen LogP contribution is 2.32. The van der Waals surface area contributed by atoms with Crippen molar-refractivity contribution in [2.75, 3.05) is 7.11 Å². The average molecular weight is 222 g/mol. The summed E-state index contributed by atoms with van der Waals surface area (Å²) in [6.45, 7) is 0. The van der Waals surface area contributed by atoms with Gasteiger partial charge in [0.05, 0.1) is 0 Å². The molecular weight excluding hydrogens is 200 g/mol. The molecule has 0 aromatic carbocycles. The first-order chi connectivity index (χ1) is 7.75. The van der Waals surface area contributed by atoms with Crippen LogP contribution in [0.1, 0.15) is 57.8 Å². The van der Waals surface area contributed by atoms with Gasteiger partial charge in [0.1, 0.15) is 5.60 Å². The van der Waals surface area contributed by atoms with E-state index in [-0.39, 0.29) is 5.78 Å². The Morgan fingerprint density at radius 1 is 1.31 bits per heavy atom. The zero-order valence-corrected chi connectivity index (χ0v) is 10.3. The molecule has 0 unspecified atom stereocenters. The second-order valence-corrected chi connectivity index (χ2v) is 4.59. The number of hydrogen-bond donors (Lipinski definition) is 0. The van der Waals surface area contributed by atoms with Gasteiger partial charge in [0.15, 0.2) is 5.78 Å². The number of carbonyl (C=O) groups is 1. The predicted octanol–water partition coefficient (Wildman–Crippen LogP) is 3.10. The van der Waals surface area contributed by atoms with Crippen LogP contribution in [0.2, 0.25) is 0 Å². The highest BCUT2D eigenvalue weighted by atomic mass is 16.5. The second-order valence-electron chi connectivity index (χ2n) is 4.59. The first-order valence-corrected chi connectivity index (χ1v) is 6.27. The number of rotatable bonds is 5. The lowest BCUT2D eigenvalue weighted by atomic mass is 9.87. The van der Waals surface area contributed by atoms with Gasteiger partial charge in [0.25, 0.3) is 0 Å². The molecule has 0 saturated heterocycles. The van der Waals surface area contributed by atoms with E-state index in [4.69, 9.17) is 11.2 Å². The second kappa shape index (κ2) is 6.70. The van der Waals surface area contributed by atoms with E-state index in [2.05, 4.69) is 5.92 Å². The van der Waals surface area contributed by atoms with Crippen LogP contribution in [0.25, 0.3) is 0 Å². The summed E-state index contributed by atoms with van der Waals surface area (Å²) in [6, 6.07) is 0. The van der Waals surface area contributed by atoms with E-state index in [9.17, 15) is 4.79 Å². The first kappa shape index (κ1) is 13.3. The SMILES string of the molecule is C#CCCCC(=O)C1(OC)CCCCCC1. The van der Waals surface area contributed by atoms with Gasteiger partial charge in [-0.15, -0.1) is 12.3 Å². The van der Waals surface area contributed by atoms with Crippen LogP contribution in [0.15, 0.2) is 0 Å². The Hall–Kier alpha value is -0.810. The van der Waals surface area contributed by atoms with Crippen molar-refractivity contribution >= 4 is 5.78 Å². The zero-order chi connectivity index (χ0) is 11.9. The Morgan fingerprint density at radius 2 is 1.94 bits per heavy atom. The maximum atomic E-state index is 12.2. The van der Waals surface area contributed by atoms with Gasteiger partial charge in [-0.1, -0.05) is 25.7 Å². The van der Waals surface area contributed by atoms with Crippen LogP contribution < -0.4 is 0 Å². The Kier molecular flexibility index (Phi) is 5.55. The molecule has 0 atom stereocenters. The molecule has 1 saturated carbocycles. The predicted molar refractivity (Wildman–Crippen MR) is 65.1 cm³/mol. The Balaban J connectivity index is 2.55. The van der Waals surface area contributed by atoms with Crippen LogP contribution in [0.4, 0.5) is 0 Å². The fourth-order valence-electron chi connectivity index (χ4n) is 2.48. The van der Waals surface area contributed by atoms with Crippen molar-refractivity contribution in [3.05, 3.63) is 0 Å². The van der Waals surface area contributed by atoms with Crippen molar-refractivity contribution in [1.82, 2.24) is 0 Å². The third kappa shape index (κ3) is 3.35. The summed E-state index contributed by atoms with van der Waals surface area (Å²) in [4.78, 5) is 12.2. The van der Waals surface area contributed by atoms with E-state index in [1.54, 1.807) is 7.11 Å². The number of Topliss-reactive ketones (excluding diaryl/α,β-unsaturated/α-hetero) is 1. The molecule has 0 heterocycles. The minimum Gasteiger partial charge on any atom is -0.370 e. The van der Waals surface area contributed by atoms with Crippen LogP contribution >= 0.6 is 0 Å². The summed E-state index contributed by atoms with van der Waals surface area (Å²) in [5.74, 6) is 2.83. The molecule has 0 aromatic rings. The van der Waals surface area contributed by atoms with Gasteiger partial charge in [0, 0.05) is 20.0 Å². The van der Waals surface area contributed by atoms with Crippen molar-refractivity contribution in [3.8, 4) is 12.3 Å². The molecule has 1 fully saturated rings. The monoisotopic (exact) mass is 222 g/mol. The van der Waals surface area contributed by atoms with E-state index in [0.29, 0.717) is 12.8 Å². The minimum atomic E-state index is -0.495. The van der Waals surface area contributed by atoms with Crippen molar-refractivity contribution in [3.63, 3.8) is 0 Å². The van der Waals surface area contributed by atoms with E-state index in [1.165, 1.54) is 12.8 Å². The molecule has 1 aliphatic rings. The van der Waals surface area contributed by atoms with Crippen LogP contribution in [-0.2, 0) is 9.53 Å². The minimum absolute atomic E-state index is 0.257. The summed E-state index contributed by atoms with van der Waals surface area (Å²) in [5, 5.41) is 0. The van der Waals surface area contributed by atoms with Gasteiger partial charge in [-0.05, 0) is 19.3 Å².